The zero-order valence-corrected chi connectivity index (χ0v) is 15.1. The standard InChI is InChI=1S/C18H15F5O3S/c1-3-26-16(24)17(19,20)10-15(27-18(21,22)23)13-5-4-12-9-14(25-2)7-6-11(12)8-13/h4-10H,3H2,1-2H3/b15-10+. The molecule has 0 aliphatic rings. The van der Waals surface area contributed by atoms with Crippen LogP contribution in [-0.2, 0) is 9.53 Å². The molecule has 0 aliphatic heterocycles. The van der Waals surface area contributed by atoms with Crippen molar-refractivity contribution in [2.45, 2.75) is 18.4 Å². The smallest absolute Gasteiger partial charge is 0.446 e. The number of fused-ring (bicyclic) bond motifs is 1. The first kappa shape index (κ1) is 21.0. The molecular formula is C18H15F5O3S. The first-order chi connectivity index (χ1) is 12.6. The number of benzene rings is 2. The molecule has 0 spiro atoms. The van der Waals surface area contributed by atoms with Crippen LogP contribution < -0.4 is 4.74 Å². The van der Waals surface area contributed by atoms with E-state index in [-0.39, 0.29) is 18.2 Å². The number of carbonyl (C=O) groups excluding carboxylic acids is 1. The zero-order valence-electron chi connectivity index (χ0n) is 14.3. The van der Waals surface area contributed by atoms with E-state index in [1.807, 2.05) is 0 Å². The molecule has 2 aromatic carbocycles. The molecule has 0 amide bonds. The molecule has 0 unspecified atom stereocenters. The highest BCUT2D eigenvalue weighted by molar-refractivity contribution is 8.09. The summed E-state index contributed by atoms with van der Waals surface area (Å²) in [4.78, 5) is 10.6. The molecule has 27 heavy (non-hydrogen) atoms. The van der Waals surface area contributed by atoms with E-state index in [4.69, 9.17) is 4.74 Å². The van der Waals surface area contributed by atoms with Crippen molar-refractivity contribution in [2.24, 2.45) is 0 Å². The minimum atomic E-state index is -4.81. The number of esters is 1. The van der Waals surface area contributed by atoms with E-state index in [0.717, 1.165) is 0 Å². The van der Waals surface area contributed by atoms with E-state index in [1.165, 1.54) is 32.2 Å². The second-order valence-corrected chi connectivity index (χ2v) is 6.43. The molecule has 0 radical (unpaired) electrons. The third-order valence-electron chi connectivity index (χ3n) is 3.42. The molecule has 0 atom stereocenters. The molecule has 0 bridgehead atoms. The second kappa shape index (κ2) is 8.16. The third kappa shape index (κ3) is 5.59. The Balaban J connectivity index is 2.52. The number of rotatable bonds is 6. The van der Waals surface area contributed by atoms with Crippen LogP contribution in [0.3, 0.4) is 0 Å². The molecule has 3 nitrogen and oxygen atoms in total. The van der Waals surface area contributed by atoms with Crippen molar-refractivity contribution in [1.82, 2.24) is 0 Å². The Morgan fingerprint density at radius 2 is 1.70 bits per heavy atom. The average Bonchev–Trinajstić information content (AvgIpc) is 2.59. The maximum atomic E-state index is 14.0. The van der Waals surface area contributed by atoms with Crippen molar-refractivity contribution in [2.75, 3.05) is 13.7 Å². The summed E-state index contributed by atoms with van der Waals surface area (Å²) in [5.74, 6) is -5.56. The SMILES string of the molecule is CCOC(=O)C(F)(F)/C=C(/SC(F)(F)F)c1ccc2cc(OC)ccc2c1. The lowest BCUT2D eigenvalue weighted by atomic mass is 10.1. The Hall–Kier alpha value is -2.29. The number of hydrogen-bond acceptors (Lipinski definition) is 4. The average molecular weight is 406 g/mol. The first-order valence-corrected chi connectivity index (χ1v) is 8.49. The van der Waals surface area contributed by atoms with E-state index >= 15 is 0 Å². The normalized spacial score (nSPS) is 12.9. The van der Waals surface area contributed by atoms with Crippen molar-refractivity contribution in [1.29, 1.82) is 0 Å². The minimum Gasteiger partial charge on any atom is -0.497 e. The quantitative estimate of drug-likeness (QED) is 0.459. The maximum Gasteiger partial charge on any atom is 0.446 e. The van der Waals surface area contributed by atoms with Crippen LogP contribution in [0.15, 0.2) is 42.5 Å². The highest BCUT2D eigenvalue weighted by atomic mass is 32.2. The summed E-state index contributed by atoms with van der Waals surface area (Å²) in [6.45, 7) is 1.00. The Kier molecular flexibility index (Phi) is 6.35. The Labute approximate surface area is 156 Å². The molecule has 0 fully saturated rings. The molecule has 0 saturated heterocycles. The second-order valence-electron chi connectivity index (χ2n) is 5.33. The fraction of sp³-hybridized carbons (Fsp3) is 0.278. The van der Waals surface area contributed by atoms with Gasteiger partial charge >= 0.3 is 17.4 Å². The molecule has 2 aromatic rings. The van der Waals surface area contributed by atoms with Crippen molar-refractivity contribution >= 4 is 33.4 Å². The van der Waals surface area contributed by atoms with Crippen molar-refractivity contribution < 1.29 is 36.2 Å². The fourth-order valence-electron chi connectivity index (χ4n) is 2.25. The van der Waals surface area contributed by atoms with E-state index in [0.29, 0.717) is 16.5 Å². The Morgan fingerprint density at radius 1 is 1.07 bits per heavy atom. The maximum absolute atomic E-state index is 14.0. The van der Waals surface area contributed by atoms with Crippen LogP contribution in [-0.4, -0.2) is 31.1 Å². The largest absolute Gasteiger partial charge is 0.497 e. The zero-order chi connectivity index (χ0) is 20.2. The van der Waals surface area contributed by atoms with Crippen LogP contribution in [0.2, 0.25) is 0 Å². The summed E-state index contributed by atoms with van der Waals surface area (Å²) in [7, 11) is 1.47. The fourth-order valence-corrected chi connectivity index (χ4v) is 2.95. The van der Waals surface area contributed by atoms with Gasteiger partial charge in [-0.1, -0.05) is 18.2 Å². The van der Waals surface area contributed by atoms with Gasteiger partial charge < -0.3 is 9.47 Å². The van der Waals surface area contributed by atoms with Crippen LogP contribution in [0, 0.1) is 0 Å². The molecule has 0 N–H and O–H groups in total. The number of methoxy groups -OCH3 is 1. The van der Waals surface area contributed by atoms with Crippen molar-refractivity contribution in [3.63, 3.8) is 0 Å². The van der Waals surface area contributed by atoms with Crippen molar-refractivity contribution in [3.8, 4) is 5.75 Å². The lowest BCUT2D eigenvalue weighted by Gasteiger charge is -2.15. The first-order valence-electron chi connectivity index (χ1n) is 7.67. The lowest BCUT2D eigenvalue weighted by molar-refractivity contribution is -0.164. The van der Waals surface area contributed by atoms with Crippen LogP contribution in [0.25, 0.3) is 15.7 Å². The Bertz CT molecular complexity index is 862. The van der Waals surface area contributed by atoms with Gasteiger partial charge in [0, 0.05) is 11.0 Å². The number of thioether (sulfide) groups is 1. The molecular weight excluding hydrogens is 391 g/mol. The van der Waals surface area contributed by atoms with E-state index in [2.05, 4.69) is 4.74 Å². The molecule has 0 aliphatic carbocycles. The molecule has 146 valence electrons. The van der Waals surface area contributed by atoms with Gasteiger partial charge in [-0.05, 0) is 53.2 Å². The Morgan fingerprint density at radius 3 is 2.30 bits per heavy atom. The van der Waals surface area contributed by atoms with Gasteiger partial charge in [-0.3, -0.25) is 0 Å². The molecule has 0 heterocycles. The summed E-state index contributed by atoms with van der Waals surface area (Å²) in [5, 5.41) is 1.19. The minimum absolute atomic E-state index is 0.0200. The van der Waals surface area contributed by atoms with Gasteiger partial charge in [-0.25, -0.2) is 4.79 Å². The van der Waals surface area contributed by atoms with Gasteiger partial charge in [0.2, 0.25) is 0 Å². The van der Waals surface area contributed by atoms with Gasteiger partial charge in [0.25, 0.3) is 0 Å². The monoisotopic (exact) mass is 406 g/mol. The lowest BCUT2D eigenvalue weighted by Crippen LogP contribution is -2.28. The van der Waals surface area contributed by atoms with Gasteiger partial charge in [0.05, 0.1) is 13.7 Å². The number of alkyl halides is 5. The predicted molar refractivity (Wildman–Crippen MR) is 93.7 cm³/mol. The summed E-state index contributed by atoms with van der Waals surface area (Å²) in [5.41, 5.74) is -4.91. The molecule has 0 aromatic heterocycles. The van der Waals surface area contributed by atoms with Gasteiger partial charge in [-0.15, -0.1) is 0 Å². The third-order valence-corrected chi connectivity index (χ3v) is 4.22. The van der Waals surface area contributed by atoms with Crippen LogP contribution >= 0.6 is 11.8 Å². The topological polar surface area (TPSA) is 35.5 Å². The summed E-state index contributed by atoms with van der Waals surface area (Å²) in [6, 6.07) is 8.94. The number of halogens is 5. The summed E-state index contributed by atoms with van der Waals surface area (Å²) >= 11 is -0.718. The molecule has 2 rings (SSSR count). The van der Waals surface area contributed by atoms with E-state index < -0.39 is 34.1 Å². The number of ether oxygens (including phenoxy) is 2. The highest BCUT2D eigenvalue weighted by Crippen LogP contribution is 2.43. The van der Waals surface area contributed by atoms with Crippen LogP contribution in [0.4, 0.5) is 22.0 Å². The summed E-state index contributed by atoms with van der Waals surface area (Å²) in [6.07, 6.45) is -0.0200. The summed E-state index contributed by atoms with van der Waals surface area (Å²) < 4.78 is 75.9. The van der Waals surface area contributed by atoms with Crippen LogP contribution in [0.1, 0.15) is 12.5 Å². The number of hydrogen-bond donors (Lipinski definition) is 0. The van der Waals surface area contributed by atoms with Gasteiger partial charge in [-0.2, -0.15) is 22.0 Å². The molecule has 0 saturated carbocycles. The highest BCUT2D eigenvalue weighted by Gasteiger charge is 2.41. The van der Waals surface area contributed by atoms with Gasteiger partial charge in [0.15, 0.2) is 0 Å². The van der Waals surface area contributed by atoms with E-state index in [1.54, 1.807) is 18.2 Å². The predicted octanol–water partition coefficient (Wildman–Crippen LogP) is 5.64. The van der Waals surface area contributed by atoms with Crippen LogP contribution in [0.5, 0.6) is 5.75 Å². The molecule has 9 heteroatoms. The number of carbonyl (C=O) groups is 1. The van der Waals surface area contributed by atoms with E-state index in [9.17, 15) is 26.7 Å². The van der Waals surface area contributed by atoms with Gasteiger partial charge in [0.1, 0.15) is 5.75 Å². The van der Waals surface area contributed by atoms with Crippen molar-refractivity contribution in [3.05, 3.63) is 48.0 Å².